The summed E-state index contributed by atoms with van der Waals surface area (Å²) in [6.07, 6.45) is 2.29. The maximum Gasteiger partial charge on any atom is 0.318 e. The van der Waals surface area contributed by atoms with Gasteiger partial charge in [-0.05, 0) is 59.5 Å². The number of hydrogen-bond donors (Lipinski definition) is 2. The number of halogens is 1. The molecule has 3 aromatic rings. The molecule has 0 spiro atoms. The first-order chi connectivity index (χ1) is 17.0. The van der Waals surface area contributed by atoms with Crippen molar-refractivity contribution >= 4 is 11.9 Å². The number of benzene rings is 2. The number of nitrogens with one attached hydrogen (secondary N) is 2. The number of ether oxygens (including phenoxy) is 2. The molecule has 0 bridgehead atoms. The van der Waals surface area contributed by atoms with Crippen LogP contribution in [0.5, 0.6) is 11.5 Å². The number of amides is 3. The Morgan fingerprint density at radius 2 is 1.83 bits per heavy atom. The number of nitrogens with zero attached hydrogens (tertiary/aromatic N) is 1. The Bertz CT molecular complexity index is 1160. The molecule has 0 aliphatic carbocycles. The maximum absolute atomic E-state index is 13.6. The normalized spacial score (nSPS) is 14.7. The standard InChI is InChI=1S/C26H28FN3O5/c1-33-22-14-18-10-12-30(26(32)28-11-9-24(31)29-16-20-4-3-13-35-20)25(21(18)15-23(22)34-2)17-5-7-19(27)8-6-17/h3-8,13-15,25H,9-12,16H2,1-2H3,(H,28,32)(H,29,31)/t25-/m1/s1. The third kappa shape index (κ3) is 5.56. The Morgan fingerprint density at radius 1 is 1.09 bits per heavy atom. The fraction of sp³-hybridized carbons (Fsp3) is 0.308. The van der Waals surface area contributed by atoms with Gasteiger partial charge in [0.25, 0.3) is 0 Å². The lowest BCUT2D eigenvalue weighted by Crippen LogP contribution is -2.46. The van der Waals surface area contributed by atoms with Crippen LogP contribution in [0.3, 0.4) is 0 Å². The molecule has 4 rings (SSSR count). The van der Waals surface area contributed by atoms with Gasteiger partial charge in [-0.2, -0.15) is 0 Å². The predicted molar refractivity (Wildman–Crippen MR) is 127 cm³/mol. The Labute approximate surface area is 203 Å². The number of hydrogen-bond acceptors (Lipinski definition) is 5. The van der Waals surface area contributed by atoms with Crippen LogP contribution < -0.4 is 20.1 Å². The van der Waals surface area contributed by atoms with Crippen LogP contribution in [0.25, 0.3) is 0 Å². The molecule has 8 nitrogen and oxygen atoms in total. The highest BCUT2D eigenvalue weighted by Gasteiger charge is 2.33. The second-order valence-electron chi connectivity index (χ2n) is 8.14. The van der Waals surface area contributed by atoms with Crippen LogP contribution in [0, 0.1) is 5.82 Å². The van der Waals surface area contributed by atoms with E-state index in [1.54, 1.807) is 49.6 Å². The van der Waals surface area contributed by atoms with E-state index in [0.717, 1.165) is 16.7 Å². The van der Waals surface area contributed by atoms with Crippen LogP contribution >= 0.6 is 0 Å². The van der Waals surface area contributed by atoms with E-state index >= 15 is 0 Å². The van der Waals surface area contributed by atoms with Crippen LogP contribution in [-0.4, -0.2) is 44.1 Å². The van der Waals surface area contributed by atoms with Gasteiger partial charge >= 0.3 is 6.03 Å². The van der Waals surface area contributed by atoms with Gasteiger partial charge < -0.3 is 29.4 Å². The molecule has 0 saturated heterocycles. The van der Waals surface area contributed by atoms with E-state index in [0.29, 0.717) is 36.8 Å². The fourth-order valence-corrected chi connectivity index (χ4v) is 4.24. The molecule has 1 atom stereocenters. The molecule has 1 aromatic heterocycles. The minimum atomic E-state index is -0.452. The Hall–Kier alpha value is -4.01. The largest absolute Gasteiger partial charge is 0.493 e. The molecular formula is C26H28FN3O5. The zero-order valence-corrected chi connectivity index (χ0v) is 19.7. The van der Waals surface area contributed by atoms with Gasteiger partial charge in [0.2, 0.25) is 5.91 Å². The van der Waals surface area contributed by atoms with Crippen molar-refractivity contribution in [1.29, 1.82) is 0 Å². The lowest BCUT2D eigenvalue weighted by molar-refractivity contribution is -0.121. The molecule has 2 N–H and O–H groups in total. The smallest absolute Gasteiger partial charge is 0.318 e. The van der Waals surface area contributed by atoms with E-state index in [2.05, 4.69) is 10.6 Å². The van der Waals surface area contributed by atoms with Crippen molar-refractivity contribution in [2.24, 2.45) is 0 Å². The summed E-state index contributed by atoms with van der Waals surface area (Å²) in [5, 5.41) is 5.60. The van der Waals surface area contributed by atoms with Crippen molar-refractivity contribution in [3.8, 4) is 11.5 Å². The molecule has 35 heavy (non-hydrogen) atoms. The van der Waals surface area contributed by atoms with Gasteiger partial charge in [0.15, 0.2) is 11.5 Å². The van der Waals surface area contributed by atoms with Crippen molar-refractivity contribution < 1.29 is 27.9 Å². The summed E-state index contributed by atoms with van der Waals surface area (Å²) in [4.78, 5) is 27.0. The lowest BCUT2D eigenvalue weighted by Gasteiger charge is -2.38. The van der Waals surface area contributed by atoms with Crippen molar-refractivity contribution in [1.82, 2.24) is 15.5 Å². The Balaban J connectivity index is 1.49. The van der Waals surface area contributed by atoms with Gasteiger partial charge in [-0.3, -0.25) is 4.79 Å². The fourth-order valence-electron chi connectivity index (χ4n) is 4.24. The number of fused-ring (bicyclic) bond motifs is 1. The number of furan rings is 1. The Morgan fingerprint density at radius 3 is 2.51 bits per heavy atom. The first-order valence-corrected chi connectivity index (χ1v) is 11.3. The van der Waals surface area contributed by atoms with Crippen LogP contribution in [0.1, 0.15) is 34.9 Å². The molecule has 2 heterocycles. The monoisotopic (exact) mass is 481 g/mol. The van der Waals surface area contributed by atoms with Gasteiger partial charge in [-0.25, -0.2) is 9.18 Å². The van der Waals surface area contributed by atoms with Crippen LogP contribution in [0.15, 0.2) is 59.2 Å². The average Bonchev–Trinajstić information content (AvgIpc) is 3.40. The van der Waals surface area contributed by atoms with Crippen LogP contribution in [0.2, 0.25) is 0 Å². The highest BCUT2D eigenvalue weighted by molar-refractivity contribution is 5.79. The topological polar surface area (TPSA) is 93.0 Å². The minimum absolute atomic E-state index is 0.128. The lowest BCUT2D eigenvalue weighted by atomic mass is 9.88. The van der Waals surface area contributed by atoms with Crippen LogP contribution in [0.4, 0.5) is 9.18 Å². The van der Waals surface area contributed by atoms with Gasteiger partial charge in [0.05, 0.1) is 33.1 Å². The molecule has 0 unspecified atom stereocenters. The predicted octanol–water partition coefficient (Wildman–Crippen LogP) is 3.80. The molecule has 1 aliphatic heterocycles. The van der Waals surface area contributed by atoms with Gasteiger partial charge in [-0.1, -0.05) is 12.1 Å². The van der Waals surface area contributed by atoms with E-state index in [-0.39, 0.29) is 30.7 Å². The molecule has 2 aromatic carbocycles. The second kappa shape index (κ2) is 10.9. The summed E-state index contributed by atoms with van der Waals surface area (Å²) >= 11 is 0. The third-order valence-electron chi connectivity index (χ3n) is 5.99. The zero-order valence-electron chi connectivity index (χ0n) is 19.7. The van der Waals surface area contributed by atoms with Crippen molar-refractivity contribution in [3.05, 3.63) is 83.1 Å². The number of carbonyl (C=O) groups excluding carboxylic acids is 2. The average molecular weight is 482 g/mol. The summed E-state index contributed by atoms with van der Waals surface area (Å²) in [5.41, 5.74) is 2.68. The maximum atomic E-state index is 13.6. The summed E-state index contributed by atoms with van der Waals surface area (Å²) in [6, 6.07) is 12.7. The first-order valence-electron chi connectivity index (χ1n) is 11.3. The summed E-state index contributed by atoms with van der Waals surface area (Å²) in [7, 11) is 3.14. The van der Waals surface area contributed by atoms with Crippen molar-refractivity contribution in [2.75, 3.05) is 27.3 Å². The second-order valence-corrected chi connectivity index (χ2v) is 8.14. The number of urea groups is 1. The highest BCUT2D eigenvalue weighted by Crippen LogP contribution is 2.41. The molecule has 184 valence electrons. The molecule has 0 radical (unpaired) electrons. The quantitative estimate of drug-likeness (QED) is 0.511. The number of carbonyl (C=O) groups is 2. The number of rotatable bonds is 8. The molecule has 0 fully saturated rings. The molecule has 9 heteroatoms. The third-order valence-corrected chi connectivity index (χ3v) is 5.99. The highest BCUT2D eigenvalue weighted by atomic mass is 19.1. The van der Waals surface area contributed by atoms with E-state index in [1.807, 2.05) is 12.1 Å². The SMILES string of the molecule is COc1cc2c(cc1OC)[C@@H](c1ccc(F)cc1)N(C(=O)NCCC(=O)NCc1ccco1)CC2. The van der Waals surface area contributed by atoms with E-state index in [1.165, 1.54) is 12.1 Å². The van der Waals surface area contributed by atoms with Crippen molar-refractivity contribution in [2.45, 2.75) is 25.4 Å². The molecule has 3 amide bonds. The van der Waals surface area contributed by atoms with E-state index in [4.69, 9.17) is 13.9 Å². The van der Waals surface area contributed by atoms with Crippen LogP contribution in [-0.2, 0) is 17.8 Å². The number of methoxy groups -OCH3 is 2. The van der Waals surface area contributed by atoms with Gasteiger partial charge in [0, 0.05) is 19.5 Å². The van der Waals surface area contributed by atoms with Gasteiger partial charge in [0.1, 0.15) is 11.6 Å². The minimum Gasteiger partial charge on any atom is -0.493 e. The summed E-state index contributed by atoms with van der Waals surface area (Å²) in [6.45, 7) is 0.913. The van der Waals surface area contributed by atoms with Gasteiger partial charge in [-0.15, -0.1) is 0 Å². The molecule has 1 aliphatic rings. The summed E-state index contributed by atoms with van der Waals surface area (Å²) < 4.78 is 29.8. The summed E-state index contributed by atoms with van der Waals surface area (Å²) in [5.74, 6) is 1.27. The molecule has 0 saturated carbocycles. The van der Waals surface area contributed by atoms with E-state index in [9.17, 15) is 14.0 Å². The Kier molecular flexibility index (Phi) is 7.54. The molecular weight excluding hydrogens is 453 g/mol. The first kappa shape index (κ1) is 24.1. The van der Waals surface area contributed by atoms with Crippen molar-refractivity contribution in [3.63, 3.8) is 0 Å². The van der Waals surface area contributed by atoms with E-state index < -0.39 is 6.04 Å². The zero-order chi connectivity index (χ0) is 24.8.